The topological polar surface area (TPSA) is 151 Å². The van der Waals surface area contributed by atoms with Crippen LogP contribution >= 0.6 is 11.3 Å². The van der Waals surface area contributed by atoms with Crippen LogP contribution in [0.3, 0.4) is 0 Å². The first kappa shape index (κ1) is 26.9. The number of ether oxygens (including phenoxy) is 4. The number of aliphatic hydroxyl groups excluding tert-OH is 1. The van der Waals surface area contributed by atoms with Crippen molar-refractivity contribution in [3.05, 3.63) is 54.2 Å². The zero-order valence-corrected chi connectivity index (χ0v) is 22.2. The molecule has 0 atom stereocenters. The van der Waals surface area contributed by atoms with Crippen LogP contribution in [0.25, 0.3) is 31.8 Å². The number of carbonyl (C=O) groups excluding carboxylic acids is 1. The van der Waals surface area contributed by atoms with Crippen molar-refractivity contribution in [1.29, 1.82) is 0 Å². The van der Waals surface area contributed by atoms with Gasteiger partial charge >= 0.3 is 12.1 Å². The number of hydrogen-bond acceptors (Lipinski definition) is 12. The maximum atomic E-state index is 14.8. The average Bonchev–Trinajstić information content (AvgIpc) is 3.36. The minimum atomic E-state index is -0.759. The van der Waals surface area contributed by atoms with Gasteiger partial charge < -0.3 is 24.1 Å². The van der Waals surface area contributed by atoms with Crippen molar-refractivity contribution in [3.8, 4) is 28.2 Å². The summed E-state index contributed by atoms with van der Waals surface area (Å²) in [6.07, 6.45) is 3.44. The molecule has 2 aromatic carbocycles. The monoisotopic (exact) mass is 566 g/mol. The molecule has 40 heavy (non-hydrogen) atoms. The number of anilines is 1. The molecule has 5 rings (SSSR count). The smallest absolute Gasteiger partial charge is 0.411 e. The van der Waals surface area contributed by atoms with E-state index in [-0.39, 0.29) is 43.9 Å². The van der Waals surface area contributed by atoms with E-state index in [0.717, 1.165) is 11.1 Å². The van der Waals surface area contributed by atoms with Gasteiger partial charge in [0.05, 0.1) is 59.2 Å². The number of nitrogens with one attached hydrogen (secondary N) is 1. The van der Waals surface area contributed by atoms with Crippen molar-refractivity contribution in [2.24, 2.45) is 0 Å². The summed E-state index contributed by atoms with van der Waals surface area (Å²) >= 11 is 1.37. The minimum absolute atomic E-state index is 0.0113. The van der Waals surface area contributed by atoms with E-state index in [1.807, 2.05) is 19.1 Å². The molecular weight excluding hydrogens is 543 g/mol. The van der Waals surface area contributed by atoms with E-state index in [0.29, 0.717) is 32.1 Å². The van der Waals surface area contributed by atoms with Crippen LogP contribution in [0.5, 0.6) is 17.6 Å². The van der Waals surface area contributed by atoms with Crippen LogP contribution in [0, 0.1) is 12.7 Å². The maximum absolute atomic E-state index is 14.8. The van der Waals surface area contributed by atoms with Crippen LogP contribution in [0.2, 0.25) is 0 Å². The molecular formula is C26H23FN6O6S. The van der Waals surface area contributed by atoms with Gasteiger partial charge in [-0.1, -0.05) is 0 Å². The number of nitrogens with zero attached hydrogens (tertiary/aromatic N) is 5. The molecule has 1 amide bonds. The number of rotatable bonds is 10. The first-order valence-corrected chi connectivity index (χ1v) is 12.8. The Bertz CT molecular complexity index is 1670. The van der Waals surface area contributed by atoms with E-state index < -0.39 is 11.9 Å². The number of benzene rings is 2. The fourth-order valence-electron chi connectivity index (χ4n) is 3.70. The molecule has 206 valence electrons. The predicted octanol–water partition coefficient (Wildman–Crippen LogP) is 4.15. The van der Waals surface area contributed by atoms with Crippen LogP contribution in [0.4, 0.5) is 14.9 Å². The molecule has 2 N–H and O–H groups in total. The zero-order chi connectivity index (χ0) is 28.1. The molecule has 0 unspecified atom stereocenters. The number of hydrogen-bond donors (Lipinski definition) is 2. The molecule has 0 spiro atoms. The molecule has 5 aromatic rings. The standard InChI is InChI=1S/C26H23FN6O6S/c1-14-7-16(23-19(8-14)32-22(36-2)13-28-23)24-33-18-9-17(27)20(10-21(18)40-24)37-5-6-39-26(35)31-15-11-29-25(30-12-15)38-4-3-34/h7-13,34H,3-6H2,1-2H3,(H,31,35). The quantitative estimate of drug-likeness (QED) is 0.235. The highest BCUT2D eigenvalue weighted by Gasteiger charge is 2.16. The van der Waals surface area contributed by atoms with Crippen LogP contribution in [0.1, 0.15) is 5.56 Å². The Hall–Kier alpha value is -4.69. The third kappa shape index (κ3) is 6.13. The lowest BCUT2D eigenvalue weighted by atomic mass is 10.1. The van der Waals surface area contributed by atoms with Crippen molar-refractivity contribution >= 4 is 44.4 Å². The van der Waals surface area contributed by atoms with Crippen molar-refractivity contribution in [3.63, 3.8) is 0 Å². The Labute approximate surface area is 230 Å². The summed E-state index contributed by atoms with van der Waals surface area (Å²) in [5.74, 6) is -0.169. The molecule has 0 bridgehead atoms. The van der Waals surface area contributed by atoms with E-state index in [2.05, 4.69) is 30.2 Å². The summed E-state index contributed by atoms with van der Waals surface area (Å²) in [4.78, 5) is 33.4. The lowest BCUT2D eigenvalue weighted by Crippen LogP contribution is -2.18. The normalized spacial score (nSPS) is 11.0. The largest absolute Gasteiger partial charge is 0.487 e. The van der Waals surface area contributed by atoms with Crippen LogP contribution < -0.4 is 19.5 Å². The molecule has 0 aliphatic rings. The second-order valence-corrected chi connectivity index (χ2v) is 9.33. The third-order valence-corrected chi connectivity index (χ3v) is 6.47. The van der Waals surface area contributed by atoms with Gasteiger partial charge in [0.1, 0.15) is 24.8 Å². The SMILES string of the molecule is COc1cnc2c(-c3nc4cc(F)c(OCCOC(=O)Nc5cnc(OCCO)nc5)cc4s3)cc(C)cc2n1. The Morgan fingerprint density at radius 2 is 1.82 bits per heavy atom. The Balaban J connectivity index is 1.22. The number of aryl methyl sites for hydroxylation is 1. The van der Waals surface area contributed by atoms with E-state index in [1.54, 1.807) is 12.3 Å². The number of amides is 1. The van der Waals surface area contributed by atoms with Crippen LogP contribution in [0.15, 0.2) is 42.9 Å². The fourth-order valence-corrected chi connectivity index (χ4v) is 4.69. The number of aliphatic hydroxyl groups is 1. The van der Waals surface area contributed by atoms with Crippen LogP contribution in [-0.4, -0.2) is 69.7 Å². The zero-order valence-electron chi connectivity index (χ0n) is 21.4. The Morgan fingerprint density at radius 1 is 1.00 bits per heavy atom. The lowest BCUT2D eigenvalue weighted by Gasteiger charge is -2.09. The van der Waals surface area contributed by atoms with Gasteiger partial charge in [-0.2, -0.15) is 0 Å². The number of aromatic nitrogens is 5. The van der Waals surface area contributed by atoms with E-state index in [9.17, 15) is 9.18 Å². The van der Waals surface area contributed by atoms with Crippen molar-refractivity contribution < 1.29 is 33.2 Å². The van der Waals surface area contributed by atoms with Gasteiger partial charge in [-0.05, 0) is 24.6 Å². The molecule has 0 aliphatic carbocycles. The number of methoxy groups -OCH3 is 1. The van der Waals surface area contributed by atoms with E-state index in [1.165, 1.54) is 36.9 Å². The summed E-state index contributed by atoms with van der Waals surface area (Å²) in [5, 5.41) is 11.9. The second-order valence-electron chi connectivity index (χ2n) is 8.30. The van der Waals surface area contributed by atoms with Gasteiger partial charge in [-0.3, -0.25) is 5.32 Å². The molecule has 3 heterocycles. The predicted molar refractivity (Wildman–Crippen MR) is 144 cm³/mol. The van der Waals surface area contributed by atoms with Gasteiger partial charge in [-0.15, -0.1) is 11.3 Å². The second kappa shape index (κ2) is 12.0. The van der Waals surface area contributed by atoms with Gasteiger partial charge in [0, 0.05) is 17.7 Å². The molecule has 3 aromatic heterocycles. The Morgan fingerprint density at radius 3 is 2.60 bits per heavy atom. The minimum Gasteiger partial charge on any atom is -0.487 e. The first-order valence-electron chi connectivity index (χ1n) is 12.0. The van der Waals surface area contributed by atoms with Crippen molar-refractivity contribution in [1.82, 2.24) is 24.9 Å². The highest BCUT2D eigenvalue weighted by atomic mass is 32.1. The molecule has 0 saturated heterocycles. The number of carbonyl (C=O) groups is 1. The van der Waals surface area contributed by atoms with Gasteiger partial charge in [0.15, 0.2) is 11.6 Å². The van der Waals surface area contributed by atoms with Gasteiger partial charge in [0.25, 0.3) is 0 Å². The molecule has 12 nitrogen and oxygen atoms in total. The number of thiazole rings is 1. The van der Waals surface area contributed by atoms with Crippen molar-refractivity contribution in [2.45, 2.75) is 6.92 Å². The summed E-state index contributed by atoms with van der Waals surface area (Å²) < 4.78 is 36.3. The maximum Gasteiger partial charge on any atom is 0.411 e. The third-order valence-electron chi connectivity index (χ3n) is 5.42. The lowest BCUT2D eigenvalue weighted by molar-refractivity contribution is 0.136. The van der Waals surface area contributed by atoms with Crippen molar-refractivity contribution in [2.75, 3.05) is 38.9 Å². The number of fused-ring (bicyclic) bond motifs is 2. The molecule has 0 radical (unpaired) electrons. The summed E-state index contributed by atoms with van der Waals surface area (Å²) in [6, 6.07) is 6.81. The van der Waals surface area contributed by atoms with Crippen LogP contribution in [-0.2, 0) is 4.74 Å². The average molecular weight is 567 g/mol. The van der Waals surface area contributed by atoms with E-state index >= 15 is 0 Å². The van der Waals surface area contributed by atoms with E-state index in [4.69, 9.17) is 24.1 Å². The Kier molecular flexibility index (Phi) is 8.07. The summed E-state index contributed by atoms with van der Waals surface area (Å²) in [5.41, 5.74) is 3.85. The van der Waals surface area contributed by atoms with Gasteiger partial charge in [0.2, 0.25) is 5.88 Å². The summed E-state index contributed by atoms with van der Waals surface area (Å²) in [6.45, 7) is 1.63. The molecule has 0 saturated carbocycles. The fraction of sp³-hybridized carbons (Fsp3) is 0.231. The molecule has 14 heteroatoms. The highest BCUT2D eigenvalue weighted by Crippen LogP contribution is 2.37. The highest BCUT2D eigenvalue weighted by molar-refractivity contribution is 7.21. The first-order chi connectivity index (χ1) is 19.4. The van der Waals surface area contributed by atoms with Gasteiger partial charge in [-0.25, -0.2) is 34.1 Å². The molecule has 0 aliphatic heterocycles. The summed E-state index contributed by atoms with van der Waals surface area (Å²) in [7, 11) is 1.53. The number of halogens is 1. The molecule has 0 fully saturated rings.